The number of rotatable bonds is 9. The molecule has 2 fully saturated rings. The number of benzene rings is 1. The average molecular weight is 679 g/mol. The normalized spacial score (nSPS) is 16.2. The van der Waals surface area contributed by atoms with Crippen LogP contribution in [0.25, 0.3) is 27.0 Å². The zero-order valence-electron chi connectivity index (χ0n) is 26.0. The Morgan fingerprint density at radius 3 is 2.67 bits per heavy atom. The minimum absolute atomic E-state index is 0.113. The van der Waals surface area contributed by atoms with Gasteiger partial charge in [0.15, 0.2) is 11.4 Å². The molecule has 1 aromatic carbocycles. The summed E-state index contributed by atoms with van der Waals surface area (Å²) >= 11 is 1.20. The fourth-order valence-corrected chi connectivity index (χ4v) is 7.23. The van der Waals surface area contributed by atoms with E-state index in [4.69, 9.17) is 9.47 Å². The quantitative estimate of drug-likeness (QED) is 0.228. The number of morpholine rings is 1. The zero-order valence-corrected chi connectivity index (χ0v) is 26.8. The van der Waals surface area contributed by atoms with Crippen molar-refractivity contribution in [1.29, 1.82) is 0 Å². The molecule has 0 radical (unpaired) electrons. The lowest BCUT2D eigenvalue weighted by atomic mass is 10.0. The van der Waals surface area contributed by atoms with Crippen molar-refractivity contribution < 1.29 is 32.6 Å². The van der Waals surface area contributed by atoms with Crippen LogP contribution >= 0.6 is 11.3 Å². The molecule has 2 aliphatic rings. The molecule has 7 rings (SSSR count). The standard InChI is InChI=1S/C32H32F2N8O5S/c1-19(43)26-14-20-13-25(47-32(33)34)22(15-27(20)48-26)29-24(37-31(45)23-16-36-42-6-2-5-35-30(23)42)17-41(38-29)18-28(44)40-7-3-21(4-8-40)39-9-11-46-12-10-39/h2,5-6,13-17,21,32H,3-4,7-12,18H2,1H3,(H,37,45). The highest BCUT2D eigenvalue weighted by Gasteiger charge is 2.29. The van der Waals surface area contributed by atoms with E-state index in [0.29, 0.717) is 39.7 Å². The summed E-state index contributed by atoms with van der Waals surface area (Å²) < 4.78 is 41.2. The van der Waals surface area contributed by atoms with Crippen molar-refractivity contribution in [3.63, 3.8) is 0 Å². The van der Waals surface area contributed by atoms with E-state index >= 15 is 0 Å². The lowest BCUT2D eigenvalue weighted by Gasteiger charge is -2.40. The van der Waals surface area contributed by atoms with Crippen molar-refractivity contribution in [3.05, 3.63) is 59.5 Å². The van der Waals surface area contributed by atoms with Crippen molar-refractivity contribution >= 4 is 50.4 Å². The van der Waals surface area contributed by atoms with E-state index in [0.717, 1.165) is 39.1 Å². The predicted octanol–water partition coefficient (Wildman–Crippen LogP) is 4.19. The maximum absolute atomic E-state index is 13.7. The zero-order chi connectivity index (χ0) is 33.4. The molecule has 0 bridgehead atoms. The molecule has 0 unspecified atom stereocenters. The number of carbonyl (C=O) groups is 3. The summed E-state index contributed by atoms with van der Waals surface area (Å²) in [4.78, 5) is 48.0. The molecule has 13 nitrogen and oxygen atoms in total. The maximum atomic E-state index is 13.7. The monoisotopic (exact) mass is 678 g/mol. The lowest BCUT2D eigenvalue weighted by molar-refractivity contribution is -0.133. The summed E-state index contributed by atoms with van der Waals surface area (Å²) in [7, 11) is 0. The Bertz CT molecular complexity index is 1990. The van der Waals surface area contributed by atoms with Gasteiger partial charge in [0.25, 0.3) is 5.91 Å². The van der Waals surface area contributed by atoms with Gasteiger partial charge in [-0.15, -0.1) is 11.3 Å². The SMILES string of the molecule is CC(=O)c1cc2cc(OC(F)F)c(-c3nn(CC(=O)N4CCC(N5CCOCC5)CC4)cc3NC(=O)c3cnn4cccnc34)cc2s1. The van der Waals surface area contributed by atoms with Crippen LogP contribution in [-0.2, 0) is 16.1 Å². The summed E-state index contributed by atoms with van der Waals surface area (Å²) in [6.07, 6.45) is 7.75. The molecule has 16 heteroatoms. The van der Waals surface area contributed by atoms with E-state index in [2.05, 4.69) is 25.4 Å². The summed E-state index contributed by atoms with van der Waals surface area (Å²) in [5.41, 5.74) is 0.930. The number of anilines is 1. The number of ether oxygens (including phenoxy) is 2. The third-order valence-corrected chi connectivity index (χ3v) is 9.85. The van der Waals surface area contributed by atoms with Crippen LogP contribution in [0.4, 0.5) is 14.5 Å². The fraction of sp³-hybridized carbons (Fsp3) is 0.375. The van der Waals surface area contributed by atoms with E-state index in [9.17, 15) is 23.2 Å². The molecular weight excluding hydrogens is 646 g/mol. The number of alkyl halides is 2. The van der Waals surface area contributed by atoms with Gasteiger partial charge in [-0.3, -0.25) is 24.0 Å². The Hall–Kier alpha value is -4.80. The van der Waals surface area contributed by atoms with Gasteiger partial charge in [0.1, 0.15) is 23.6 Å². The number of amides is 2. The van der Waals surface area contributed by atoms with Gasteiger partial charge in [-0.25, -0.2) is 9.50 Å². The molecule has 0 atom stereocenters. The van der Waals surface area contributed by atoms with Crippen molar-refractivity contribution in [3.8, 4) is 17.0 Å². The van der Waals surface area contributed by atoms with E-state index < -0.39 is 12.5 Å². The van der Waals surface area contributed by atoms with Crippen LogP contribution in [-0.4, -0.2) is 104 Å². The number of ketones is 1. The molecule has 0 saturated carbocycles. The molecule has 0 aliphatic carbocycles. The van der Waals surface area contributed by atoms with Gasteiger partial charge in [-0.1, -0.05) is 0 Å². The van der Waals surface area contributed by atoms with Crippen LogP contribution in [0.15, 0.2) is 49.1 Å². The van der Waals surface area contributed by atoms with Crippen LogP contribution in [0.1, 0.15) is 39.8 Å². The van der Waals surface area contributed by atoms with Gasteiger partial charge in [-0.05, 0) is 49.4 Å². The number of likely N-dealkylation sites (tertiary alicyclic amines) is 1. The number of carbonyl (C=O) groups excluding carboxylic acids is 3. The van der Waals surface area contributed by atoms with Crippen LogP contribution < -0.4 is 10.1 Å². The molecule has 5 aromatic rings. The average Bonchev–Trinajstić information content (AvgIpc) is 3.81. The number of hydrogen-bond acceptors (Lipinski definition) is 10. The molecule has 2 saturated heterocycles. The molecule has 2 amide bonds. The second kappa shape index (κ2) is 13.4. The number of fused-ring (bicyclic) bond motifs is 2. The largest absolute Gasteiger partial charge is 0.434 e. The van der Waals surface area contributed by atoms with Crippen LogP contribution in [0, 0.1) is 0 Å². The van der Waals surface area contributed by atoms with Gasteiger partial charge in [-0.2, -0.15) is 19.0 Å². The van der Waals surface area contributed by atoms with E-state index in [1.165, 1.54) is 52.1 Å². The highest BCUT2D eigenvalue weighted by molar-refractivity contribution is 7.20. The molecule has 250 valence electrons. The van der Waals surface area contributed by atoms with Gasteiger partial charge in [0.2, 0.25) is 5.91 Å². The number of piperidine rings is 1. The summed E-state index contributed by atoms with van der Waals surface area (Å²) in [6.45, 7) is 2.54. The summed E-state index contributed by atoms with van der Waals surface area (Å²) in [5, 5.41) is 12.2. The van der Waals surface area contributed by atoms with E-state index in [1.54, 1.807) is 29.3 Å². The highest BCUT2D eigenvalue weighted by Crippen LogP contribution is 2.41. The molecule has 6 heterocycles. The van der Waals surface area contributed by atoms with Gasteiger partial charge in [0.05, 0.1) is 30.0 Å². The highest BCUT2D eigenvalue weighted by atomic mass is 32.1. The topological polar surface area (TPSA) is 136 Å². The lowest BCUT2D eigenvalue weighted by Crippen LogP contribution is -2.50. The molecular formula is C32H32F2N8O5S. The number of hydrogen-bond donors (Lipinski definition) is 1. The second-order valence-electron chi connectivity index (χ2n) is 11.7. The van der Waals surface area contributed by atoms with Crippen LogP contribution in [0.2, 0.25) is 0 Å². The number of aromatic nitrogens is 5. The third-order valence-electron chi connectivity index (χ3n) is 8.65. The Morgan fingerprint density at radius 2 is 1.92 bits per heavy atom. The second-order valence-corrected chi connectivity index (χ2v) is 12.8. The van der Waals surface area contributed by atoms with Gasteiger partial charge < -0.3 is 19.7 Å². The minimum atomic E-state index is -3.15. The molecule has 2 aliphatic heterocycles. The first-order valence-corrected chi connectivity index (χ1v) is 16.4. The van der Waals surface area contributed by atoms with Gasteiger partial charge >= 0.3 is 6.61 Å². The smallest absolute Gasteiger partial charge is 0.387 e. The fourth-order valence-electron chi connectivity index (χ4n) is 6.25. The molecule has 0 spiro atoms. The number of Topliss-reactive ketones (excluding diaryl/α,β-unsaturated/α-hetero) is 1. The number of nitrogens with one attached hydrogen (secondary N) is 1. The third kappa shape index (κ3) is 6.50. The number of halogens is 2. The minimum Gasteiger partial charge on any atom is -0.434 e. The van der Waals surface area contributed by atoms with Crippen molar-refractivity contribution in [2.24, 2.45) is 0 Å². The Kier molecular flexibility index (Phi) is 8.85. The van der Waals surface area contributed by atoms with Crippen LogP contribution in [0.3, 0.4) is 0 Å². The Morgan fingerprint density at radius 1 is 1.12 bits per heavy atom. The molecule has 1 N–H and O–H groups in total. The Balaban J connectivity index is 1.21. The summed E-state index contributed by atoms with van der Waals surface area (Å²) in [5.74, 6) is -1.08. The first kappa shape index (κ1) is 31.8. The summed E-state index contributed by atoms with van der Waals surface area (Å²) in [6, 6.07) is 6.71. The molecule has 48 heavy (non-hydrogen) atoms. The first-order chi connectivity index (χ1) is 23.2. The van der Waals surface area contributed by atoms with Crippen molar-refractivity contribution in [2.45, 2.75) is 39.0 Å². The number of nitrogens with zero attached hydrogens (tertiary/aromatic N) is 7. The predicted molar refractivity (Wildman–Crippen MR) is 173 cm³/mol. The van der Waals surface area contributed by atoms with Gasteiger partial charge in [0, 0.05) is 61.1 Å². The van der Waals surface area contributed by atoms with Crippen molar-refractivity contribution in [1.82, 2.24) is 34.2 Å². The first-order valence-electron chi connectivity index (χ1n) is 15.5. The van der Waals surface area contributed by atoms with Crippen molar-refractivity contribution in [2.75, 3.05) is 44.7 Å². The number of thiophene rings is 1. The van der Waals surface area contributed by atoms with E-state index in [1.807, 2.05) is 0 Å². The van der Waals surface area contributed by atoms with Crippen LogP contribution in [0.5, 0.6) is 5.75 Å². The van der Waals surface area contributed by atoms with E-state index in [-0.39, 0.29) is 46.5 Å². The maximum Gasteiger partial charge on any atom is 0.387 e. The molecule has 4 aromatic heterocycles. The Labute approximate surface area is 277 Å².